The van der Waals surface area contributed by atoms with E-state index in [4.69, 9.17) is 0 Å². The monoisotopic (exact) mass is 374 g/mol. The third-order valence-electron chi connectivity index (χ3n) is 5.30. The summed E-state index contributed by atoms with van der Waals surface area (Å²) in [6.45, 7) is 6.54. The van der Waals surface area contributed by atoms with Crippen LogP contribution in [0.25, 0.3) is 0 Å². The van der Waals surface area contributed by atoms with Crippen LogP contribution >= 0.6 is 23.1 Å². The van der Waals surface area contributed by atoms with Gasteiger partial charge in [-0.1, -0.05) is 23.1 Å². The number of benzene rings is 1. The van der Waals surface area contributed by atoms with Crippen molar-refractivity contribution in [1.82, 2.24) is 20.4 Å². The Kier molecular flexibility index (Phi) is 4.80. The minimum absolute atomic E-state index is 0.0360. The Balaban J connectivity index is 1.40. The van der Waals surface area contributed by atoms with E-state index >= 15 is 0 Å². The SMILES string of the molecule is Cc1nnc(Sc2ccc(C(=O)NC3C4CCN(CC4)C3C)cc2)s1. The number of aromatic nitrogens is 2. The second-order valence-electron chi connectivity index (χ2n) is 6.83. The van der Waals surface area contributed by atoms with E-state index in [2.05, 4.69) is 27.3 Å². The first-order valence-electron chi connectivity index (χ1n) is 8.73. The number of hydrogen-bond acceptors (Lipinski definition) is 6. The van der Waals surface area contributed by atoms with Gasteiger partial charge in [0, 0.05) is 22.5 Å². The fourth-order valence-corrected chi connectivity index (χ4v) is 5.66. The number of rotatable bonds is 4. The molecule has 1 aromatic heterocycles. The van der Waals surface area contributed by atoms with E-state index in [1.807, 2.05) is 31.2 Å². The molecule has 5 nitrogen and oxygen atoms in total. The van der Waals surface area contributed by atoms with Gasteiger partial charge in [-0.15, -0.1) is 10.2 Å². The average Bonchev–Trinajstić information content (AvgIpc) is 3.04. The molecule has 132 valence electrons. The highest BCUT2D eigenvalue weighted by molar-refractivity contribution is 8.01. The molecule has 2 bridgehead atoms. The maximum absolute atomic E-state index is 12.7. The third-order valence-corrected chi connectivity index (χ3v) is 7.20. The lowest BCUT2D eigenvalue weighted by Crippen LogP contribution is -2.62. The van der Waals surface area contributed by atoms with Crippen LogP contribution in [0.1, 0.15) is 35.1 Å². The first-order chi connectivity index (χ1) is 12.1. The summed E-state index contributed by atoms with van der Waals surface area (Å²) < 4.78 is 0.927. The summed E-state index contributed by atoms with van der Waals surface area (Å²) in [5, 5.41) is 12.4. The minimum atomic E-state index is 0.0360. The van der Waals surface area contributed by atoms with Gasteiger partial charge in [-0.3, -0.25) is 9.69 Å². The molecule has 7 heteroatoms. The zero-order valence-corrected chi connectivity index (χ0v) is 16.1. The summed E-state index contributed by atoms with van der Waals surface area (Å²) in [6, 6.07) is 8.47. The molecule has 2 aromatic rings. The highest BCUT2D eigenvalue weighted by Gasteiger charge is 2.40. The van der Waals surface area contributed by atoms with Crippen LogP contribution in [0, 0.1) is 12.8 Å². The summed E-state index contributed by atoms with van der Waals surface area (Å²) in [6.07, 6.45) is 2.40. The Morgan fingerprint density at radius 1 is 1.24 bits per heavy atom. The minimum Gasteiger partial charge on any atom is -0.347 e. The molecule has 1 N–H and O–H groups in total. The summed E-state index contributed by atoms with van der Waals surface area (Å²) in [4.78, 5) is 16.2. The van der Waals surface area contributed by atoms with Gasteiger partial charge >= 0.3 is 0 Å². The molecule has 0 spiro atoms. The lowest BCUT2D eigenvalue weighted by atomic mass is 9.79. The van der Waals surface area contributed by atoms with E-state index < -0.39 is 0 Å². The van der Waals surface area contributed by atoms with Crippen molar-refractivity contribution in [2.24, 2.45) is 5.92 Å². The van der Waals surface area contributed by atoms with Crippen molar-refractivity contribution in [3.63, 3.8) is 0 Å². The lowest BCUT2D eigenvalue weighted by Gasteiger charge is -2.49. The molecule has 3 saturated heterocycles. The zero-order chi connectivity index (χ0) is 17.4. The van der Waals surface area contributed by atoms with Crippen molar-refractivity contribution in [2.75, 3.05) is 13.1 Å². The van der Waals surface area contributed by atoms with Crippen molar-refractivity contribution < 1.29 is 4.79 Å². The molecule has 4 heterocycles. The molecular formula is C18H22N4OS2. The van der Waals surface area contributed by atoms with Gasteiger partial charge < -0.3 is 5.32 Å². The fourth-order valence-electron chi connectivity index (χ4n) is 3.87. The van der Waals surface area contributed by atoms with Gasteiger partial charge in [0.1, 0.15) is 5.01 Å². The van der Waals surface area contributed by atoms with Crippen molar-refractivity contribution >= 4 is 29.0 Å². The van der Waals surface area contributed by atoms with Crippen LogP contribution in [0.5, 0.6) is 0 Å². The summed E-state index contributed by atoms with van der Waals surface area (Å²) in [7, 11) is 0. The standard InChI is InChI=1S/C18H22N4OS2/c1-11-16(13-7-9-22(11)10-8-13)19-17(23)14-3-5-15(6-4-14)25-18-21-20-12(2)24-18/h3-6,11,13,16H,7-10H2,1-2H3,(H,19,23). The molecule has 3 fully saturated rings. The fraction of sp³-hybridized carbons (Fsp3) is 0.500. The van der Waals surface area contributed by atoms with E-state index in [-0.39, 0.29) is 11.9 Å². The smallest absolute Gasteiger partial charge is 0.251 e. The van der Waals surface area contributed by atoms with Crippen molar-refractivity contribution in [1.29, 1.82) is 0 Å². The van der Waals surface area contributed by atoms with Crippen LogP contribution in [0.15, 0.2) is 33.5 Å². The predicted molar refractivity (Wildman–Crippen MR) is 100 cm³/mol. The number of carbonyl (C=O) groups excluding carboxylic acids is 1. The van der Waals surface area contributed by atoms with E-state index in [1.165, 1.54) is 25.9 Å². The Labute approximate surface area is 156 Å². The number of piperidine rings is 3. The van der Waals surface area contributed by atoms with E-state index in [0.717, 1.165) is 19.8 Å². The molecule has 25 heavy (non-hydrogen) atoms. The Morgan fingerprint density at radius 2 is 1.96 bits per heavy atom. The maximum atomic E-state index is 12.7. The Morgan fingerprint density at radius 3 is 2.56 bits per heavy atom. The highest BCUT2D eigenvalue weighted by atomic mass is 32.2. The molecule has 2 atom stereocenters. The van der Waals surface area contributed by atoms with Crippen molar-refractivity contribution in [3.8, 4) is 0 Å². The van der Waals surface area contributed by atoms with E-state index in [9.17, 15) is 4.79 Å². The molecule has 3 aliphatic rings. The predicted octanol–water partition coefficient (Wildman–Crippen LogP) is 3.21. The molecule has 1 amide bonds. The van der Waals surface area contributed by atoms with E-state index in [1.54, 1.807) is 23.1 Å². The number of fused-ring (bicyclic) bond motifs is 3. The number of aryl methyl sites for hydroxylation is 1. The average molecular weight is 375 g/mol. The van der Waals surface area contributed by atoms with Crippen LogP contribution in [-0.4, -0.2) is 46.2 Å². The van der Waals surface area contributed by atoms with Crippen LogP contribution in [0.2, 0.25) is 0 Å². The van der Waals surface area contributed by atoms with Gasteiger partial charge in [0.15, 0.2) is 4.34 Å². The summed E-state index contributed by atoms with van der Waals surface area (Å²) in [5.41, 5.74) is 0.724. The quantitative estimate of drug-likeness (QED) is 0.890. The molecule has 0 saturated carbocycles. The normalized spacial score (nSPS) is 28.1. The first-order valence-corrected chi connectivity index (χ1v) is 10.4. The number of amides is 1. The summed E-state index contributed by atoms with van der Waals surface area (Å²) in [5.74, 6) is 0.660. The van der Waals surface area contributed by atoms with Gasteiger partial charge in [-0.25, -0.2) is 0 Å². The molecule has 1 aromatic carbocycles. The number of nitrogens with zero attached hydrogens (tertiary/aromatic N) is 3. The number of nitrogens with one attached hydrogen (secondary N) is 1. The molecule has 3 aliphatic heterocycles. The van der Waals surface area contributed by atoms with Gasteiger partial charge in [-0.2, -0.15) is 0 Å². The lowest BCUT2D eigenvalue weighted by molar-refractivity contribution is 0.0217. The third kappa shape index (κ3) is 3.59. The summed E-state index contributed by atoms with van der Waals surface area (Å²) >= 11 is 3.16. The van der Waals surface area contributed by atoms with Gasteiger partial charge in [0.05, 0.1) is 0 Å². The molecular weight excluding hydrogens is 352 g/mol. The number of carbonyl (C=O) groups is 1. The molecule has 0 aliphatic carbocycles. The largest absolute Gasteiger partial charge is 0.347 e. The molecule has 0 radical (unpaired) electrons. The van der Waals surface area contributed by atoms with Gasteiger partial charge in [0.25, 0.3) is 5.91 Å². The van der Waals surface area contributed by atoms with Crippen molar-refractivity contribution in [3.05, 3.63) is 34.8 Å². The van der Waals surface area contributed by atoms with Crippen molar-refractivity contribution in [2.45, 2.75) is 48.0 Å². The Bertz CT molecular complexity index is 751. The molecule has 5 rings (SSSR count). The zero-order valence-electron chi connectivity index (χ0n) is 14.4. The van der Waals surface area contributed by atoms with Gasteiger partial charge in [-0.05, 0) is 70.0 Å². The second-order valence-corrected chi connectivity index (χ2v) is 9.33. The van der Waals surface area contributed by atoms with Crippen LogP contribution in [0.4, 0.5) is 0 Å². The highest BCUT2D eigenvalue weighted by Crippen LogP contribution is 2.33. The topological polar surface area (TPSA) is 58.1 Å². The second kappa shape index (κ2) is 7.05. The number of hydrogen-bond donors (Lipinski definition) is 1. The Hall–Kier alpha value is -1.44. The van der Waals surface area contributed by atoms with Crippen LogP contribution in [0.3, 0.4) is 0 Å². The maximum Gasteiger partial charge on any atom is 0.251 e. The van der Waals surface area contributed by atoms with Crippen LogP contribution in [-0.2, 0) is 0 Å². The van der Waals surface area contributed by atoms with Crippen LogP contribution < -0.4 is 5.32 Å². The first kappa shape index (κ1) is 17.0. The van der Waals surface area contributed by atoms with E-state index in [0.29, 0.717) is 12.0 Å². The van der Waals surface area contributed by atoms with Gasteiger partial charge in [0.2, 0.25) is 0 Å². The molecule has 2 unspecified atom stereocenters.